The third-order valence-electron chi connectivity index (χ3n) is 4.05. The topological polar surface area (TPSA) is 64.0 Å². The molecule has 4 rings (SSSR count). The zero-order valence-electron chi connectivity index (χ0n) is 12.9. The van der Waals surface area contributed by atoms with Crippen LogP contribution in [0.15, 0.2) is 35.4 Å². The lowest BCUT2D eigenvalue weighted by molar-refractivity contribution is 0.102. The normalized spacial score (nSPS) is 14.1. The van der Waals surface area contributed by atoms with Gasteiger partial charge < -0.3 is 5.32 Å². The molecule has 2 aromatic heterocycles. The number of rotatable bonds is 3. The van der Waals surface area contributed by atoms with Crippen LogP contribution in [0, 0.1) is 12.7 Å². The Morgan fingerprint density at radius 1 is 1.42 bits per heavy atom. The molecule has 0 radical (unpaired) electrons. The van der Waals surface area contributed by atoms with E-state index in [1.54, 1.807) is 17.6 Å². The maximum Gasteiger partial charge on any atom is 0.271 e. The van der Waals surface area contributed by atoms with E-state index < -0.39 is 5.82 Å². The summed E-state index contributed by atoms with van der Waals surface area (Å²) >= 11 is 1.28. The van der Waals surface area contributed by atoms with Crippen molar-refractivity contribution in [2.24, 2.45) is 0 Å². The van der Waals surface area contributed by atoms with Crippen molar-refractivity contribution in [3.8, 4) is 0 Å². The van der Waals surface area contributed by atoms with Gasteiger partial charge in [-0.3, -0.25) is 14.2 Å². The maximum atomic E-state index is 13.3. The van der Waals surface area contributed by atoms with Gasteiger partial charge in [0.25, 0.3) is 11.5 Å². The third-order valence-corrected chi connectivity index (χ3v) is 5.13. The molecule has 5 nitrogen and oxygen atoms in total. The van der Waals surface area contributed by atoms with Crippen molar-refractivity contribution in [3.05, 3.63) is 57.2 Å². The van der Waals surface area contributed by atoms with Crippen LogP contribution in [0.1, 0.15) is 34.1 Å². The summed E-state index contributed by atoms with van der Waals surface area (Å²) in [5.74, 6) is -0.814. The van der Waals surface area contributed by atoms with Crippen LogP contribution in [0.5, 0.6) is 0 Å². The molecule has 2 heterocycles. The number of aryl methyl sites for hydroxylation is 1. The zero-order valence-corrected chi connectivity index (χ0v) is 13.7. The first-order chi connectivity index (χ1) is 11.5. The quantitative estimate of drug-likeness (QED) is 0.792. The van der Waals surface area contributed by atoms with Gasteiger partial charge in [-0.2, -0.15) is 0 Å². The Morgan fingerprint density at radius 3 is 2.92 bits per heavy atom. The van der Waals surface area contributed by atoms with Crippen LogP contribution in [-0.4, -0.2) is 15.5 Å². The number of nitrogens with one attached hydrogen (secondary N) is 1. The molecule has 1 aromatic carbocycles. The lowest BCUT2D eigenvalue weighted by Gasteiger charge is -2.06. The van der Waals surface area contributed by atoms with Gasteiger partial charge in [0.1, 0.15) is 16.0 Å². The van der Waals surface area contributed by atoms with E-state index in [9.17, 15) is 14.0 Å². The van der Waals surface area contributed by atoms with Crippen LogP contribution in [0.25, 0.3) is 10.2 Å². The van der Waals surface area contributed by atoms with E-state index >= 15 is 0 Å². The largest absolute Gasteiger partial charge is 0.322 e. The van der Waals surface area contributed by atoms with Crippen LogP contribution in [0.3, 0.4) is 0 Å². The molecular weight excluding hydrogens is 329 g/mol. The molecule has 0 aliphatic heterocycles. The van der Waals surface area contributed by atoms with E-state index in [1.807, 2.05) is 0 Å². The number of hydrogen-bond acceptors (Lipinski definition) is 4. The van der Waals surface area contributed by atoms with E-state index in [4.69, 9.17) is 0 Å². The van der Waals surface area contributed by atoms with Crippen molar-refractivity contribution in [2.45, 2.75) is 25.8 Å². The van der Waals surface area contributed by atoms with Crippen LogP contribution >= 0.6 is 11.3 Å². The Hall–Kier alpha value is -2.54. The molecule has 24 heavy (non-hydrogen) atoms. The van der Waals surface area contributed by atoms with E-state index in [0.29, 0.717) is 21.5 Å². The van der Waals surface area contributed by atoms with E-state index in [1.165, 1.54) is 35.9 Å². The van der Waals surface area contributed by atoms with Crippen molar-refractivity contribution in [2.75, 3.05) is 5.32 Å². The van der Waals surface area contributed by atoms with Crippen LogP contribution < -0.4 is 10.9 Å². The molecule has 1 fully saturated rings. The van der Waals surface area contributed by atoms with Gasteiger partial charge in [0.2, 0.25) is 0 Å². The second-order valence-electron chi connectivity index (χ2n) is 5.86. The summed E-state index contributed by atoms with van der Waals surface area (Å²) in [6.07, 6.45) is 3.50. The van der Waals surface area contributed by atoms with Gasteiger partial charge in [0.15, 0.2) is 0 Å². The maximum absolute atomic E-state index is 13.3. The number of benzene rings is 1. The highest BCUT2D eigenvalue weighted by molar-refractivity contribution is 7.19. The molecule has 1 N–H and O–H groups in total. The Bertz CT molecular complexity index is 1020. The van der Waals surface area contributed by atoms with Gasteiger partial charge in [0.05, 0.1) is 11.9 Å². The smallest absolute Gasteiger partial charge is 0.271 e. The summed E-state index contributed by atoms with van der Waals surface area (Å²) in [4.78, 5) is 30.2. The predicted octanol–water partition coefficient (Wildman–Crippen LogP) is 3.49. The van der Waals surface area contributed by atoms with E-state index in [0.717, 1.165) is 17.7 Å². The number of thiophene rings is 1. The van der Waals surface area contributed by atoms with Gasteiger partial charge >= 0.3 is 0 Å². The van der Waals surface area contributed by atoms with Gasteiger partial charge in [0, 0.05) is 16.6 Å². The summed E-state index contributed by atoms with van der Waals surface area (Å²) in [5.41, 5.74) is 1.05. The number of carbonyl (C=O) groups excluding carboxylic acids is 1. The van der Waals surface area contributed by atoms with Crippen LogP contribution in [0.2, 0.25) is 0 Å². The number of carbonyl (C=O) groups is 1. The van der Waals surface area contributed by atoms with Crippen LogP contribution in [0.4, 0.5) is 10.1 Å². The second-order valence-corrected chi connectivity index (χ2v) is 7.09. The SMILES string of the molecule is Cc1sc2c(=O)n(C3CC3)cnc2c1C(=O)Nc1cccc(F)c1. The Morgan fingerprint density at radius 2 is 2.21 bits per heavy atom. The summed E-state index contributed by atoms with van der Waals surface area (Å²) in [6.45, 7) is 1.79. The van der Waals surface area contributed by atoms with Crippen molar-refractivity contribution in [3.63, 3.8) is 0 Å². The average Bonchev–Trinajstić information content (AvgIpc) is 3.30. The number of halogens is 1. The fraction of sp³-hybridized carbons (Fsp3) is 0.235. The minimum atomic E-state index is -0.426. The molecule has 1 aliphatic carbocycles. The molecule has 1 saturated carbocycles. The first-order valence-electron chi connectivity index (χ1n) is 7.62. The summed E-state index contributed by atoms with van der Waals surface area (Å²) in [7, 11) is 0. The van der Waals surface area contributed by atoms with Gasteiger partial charge in [-0.1, -0.05) is 6.07 Å². The summed E-state index contributed by atoms with van der Waals surface area (Å²) in [6, 6.07) is 5.92. The molecule has 1 amide bonds. The summed E-state index contributed by atoms with van der Waals surface area (Å²) < 4.78 is 15.4. The third kappa shape index (κ3) is 2.50. The highest BCUT2D eigenvalue weighted by Crippen LogP contribution is 2.34. The molecule has 1 aliphatic rings. The van der Waals surface area contributed by atoms with Gasteiger partial charge in [-0.25, -0.2) is 9.37 Å². The number of nitrogens with zero attached hydrogens (tertiary/aromatic N) is 2. The minimum absolute atomic E-state index is 0.0968. The molecule has 0 bridgehead atoms. The number of hydrogen-bond donors (Lipinski definition) is 1. The molecule has 0 unspecified atom stereocenters. The molecule has 3 aromatic rings. The number of aromatic nitrogens is 2. The fourth-order valence-corrected chi connectivity index (χ4v) is 3.77. The first-order valence-corrected chi connectivity index (χ1v) is 8.43. The number of fused-ring (bicyclic) bond motifs is 1. The predicted molar refractivity (Wildman–Crippen MR) is 91.2 cm³/mol. The molecule has 7 heteroatoms. The molecule has 122 valence electrons. The molecule has 0 atom stereocenters. The van der Waals surface area contributed by atoms with Crippen LogP contribution in [-0.2, 0) is 0 Å². The molecule has 0 spiro atoms. The molecular formula is C17H14FN3O2S. The second kappa shape index (κ2) is 5.52. The Labute approximate surface area is 140 Å². The number of anilines is 1. The average molecular weight is 343 g/mol. The Kier molecular flexibility index (Phi) is 3.45. The summed E-state index contributed by atoms with van der Waals surface area (Å²) in [5, 5.41) is 2.67. The highest BCUT2D eigenvalue weighted by atomic mass is 32.1. The monoisotopic (exact) mass is 343 g/mol. The fourth-order valence-electron chi connectivity index (χ4n) is 2.73. The standard InChI is InChI=1S/C17H14FN3O2S/c1-9-13(16(22)20-11-4-2-3-10(18)7-11)14-15(24-9)17(23)21(8-19-14)12-5-6-12/h2-4,7-8,12H,5-6H2,1H3,(H,20,22). The van der Waals surface area contributed by atoms with E-state index in [2.05, 4.69) is 10.3 Å². The molecule has 0 saturated heterocycles. The lowest BCUT2D eigenvalue weighted by Crippen LogP contribution is -2.19. The Balaban J connectivity index is 1.76. The zero-order chi connectivity index (χ0) is 16.8. The van der Waals surface area contributed by atoms with Crippen molar-refractivity contribution in [1.29, 1.82) is 0 Å². The van der Waals surface area contributed by atoms with E-state index in [-0.39, 0.29) is 17.5 Å². The van der Waals surface area contributed by atoms with Crippen molar-refractivity contribution >= 4 is 33.1 Å². The van der Waals surface area contributed by atoms with Crippen molar-refractivity contribution in [1.82, 2.24) is 9.55 Å². The highest BCUT2D eigenvalue weighted by Gasteiger charge is 2.27. The van der Waals surface area contributed by atoms with Crippen molar-refractivity contribution < 1.29 is 9.18 Å². The lowest BCUT2D eigenvalue weighted by atomic mass is 10.2. The first kappa shape index (κ1) is 15.0. The van der Waals surface area contributed by atoms with Gasteiger partial charge in [-0.05, 0) is 38.0 Å². The van der Waals surface area contributed by atoms with Gasteiger partial charge in [-0.15, -0.1) is 11.3 Å². The minimum Gasteiger partial charge on any atom is -0.322 e. The number of amides is 1.